The van der Waals surface area contributed by atoms with Crippen LogP contribution in [0.25, 0.3) is 0 Å². The summed E-state index contributed by atoms with van der Waals surface area (Å²) in [6.45, 7) is 1.84. The van der Waals surface area contributed by atoms with Gasteiger partial charge in [0.05, 0.1) is 12.7 Å². The molecule has 2 N–H and O–H groups in total. The minimum Gasteiger partial charge on any atom is -0.488 e. The van der Waals surface area contributed by atoms with E-state index in [4.69, 9.17) is 15.7 Å². The van der Waals surface area contributed by atoms with E-state index < -0.39 is 17.2 Å². The molecule has 0 saturated carbocycles. The average Bonchev–Trinajstić information content (AvgIpc) is 2.32. The zero-order valence-electron chi connectivity index (χ0n) is 10.2. The molecule has 5 heteroatoms. The van der Waals surface area contributed by atoms with Crippen molar-refractivity contribution in [3.8, 4) is 11.8 Å². The first kappa shape index (κ1) is 14.4. The molecule has 0 spiro atoms. The first-order valence-electron chi connectivity index (χ1n) is 5.73. The van der Waals surface area contributed by atoms with Gasteiger partial charge in [0.15, 0.2) is 17.4 Å². The number of halogens is 2. The molecule has 1 atom stereocenters. The summed E-state index contributed by atoms with van der Waals surface area (Å²) in [4.78, 5) is 0. The average molecular weight is 254 g/mol. The zero-order valence-corrected chi connectivity index (χ0v) is 10.2. The highest BCUT2D eigenvalue weighted by Crippen LogP contribution is 2.21. The van der Waals surface area contributed by atoms with Crippen molar-refractivity contribution in [3.05, 3.63) is 29.8 Å². The van der Waals surface area contributed by atoms with Crippen LogP contribution in [-0.2, 0) is 0 Å². The minimum absolute atomic E-state index is 0.194. The Bertz CT molecular complexity index is 421. The number of nitrogens with zero attached hydrogens (tertiary/aromatic N) is 1. The number of para-hydroxylation sites is 1. The Morgan fingerprint density at radius 1 is 1.33 bits per heavy atom. The topological polar surface area (TPSA) is 59.0 Å². The van der Waals surface area contributed by atoms with E-state index in [9.17, 15) is 8.78 Å². The van der Waals surface area contributed by atoms with Crippen LogP contribution in [0.1, 0.15) is 26.2 Å². The van der Waals surface area contributed by atoms with Crippen LogP contribution >= 0.6 is 0 Å². The van der Waals surface area contributed by atoms with Crippen molar-refractivity contribution in [3.63, 3.8) is 0 Å². The maximum Gasteiger partial charge on any atom is 0.190 e. The summed E-state index contributed by atoms with van der Waals surface area (Å²) in [5.74, 6) is -1.78. The van der Waals surface area contributed by atoms with Gasteiger partial charge in [-0.1, -0.05) is 6.07 Å². The van der Waals surface area contributed by atoms with Gasteiger partial charge < -0.3 is 10.5 Å². The van der Waals surface area contributed by atoms with Gasteiger partial charge in [0, 0.05) is 0 Å². The highest BCUT2D eigenvalue weighted by atomic mass is 19.1. The molecule has 1 aromatic carbocycles. The van der Waals surface area contributed by atoms with Crippen molar-refractivity contribution < 1.29 is 13.5 Å². The third kappa shape index (κ3) is 4.30. The van der Waals surface area contributed by atoms with Crippen molar-refractivity contribution in [2.75, 3.05) is 6.61 Å². The summed E-state index contributed by atoms with van der Waals surface area (Å²) in [6, 6.07) is 5.55. The van der Waals surface area contributed by atoms with E-state index in [0.29, 0.717) is 19.3 Å². The third-order valence-electron chi connectivity index (χ3n) is 2.51. The standard InChI is InChI=1S/C13H16F2N2O/c1-13(17,9-16)7-2-3-8-18-12-10(14)5-4-6-11(12)15/h4-6H,2-3,7-8,17H2,1H3. The summed E-state index contributed by atoms with van der Waals surface area (Å²) < 4.78 is 31.4. The first-order chi connectivity index (χ1) is 8.46. The molecule has 0 amide bonds. The summed E-state index contributed by atoms with van der Waals surface area (Å²) >= 11 is 0. The number of ether oxygens (including phenoxy) is 1. The lowest BCUT2D eigenvalue weighted by Gasteiger charge is -2.14. The van der Waals surface area contributed by atoms with E-state index in [2.05, 4.69) is 0 Å². The quantitative estimate of drug-likeness (QED) is 0.794. The van der Waals surface area contributed by atoms with E-state index in [1.165, 1.54) is 6.07 Å². The van der Waals surface area contributed by atoms with Gasteiger partial charge in [0.1, 0.15) is 5.54 Å². The minimum atomic E-state index is -0.858. The van der Waals surface area contributed by atoms with E-state index in [1.807, 2.05) is 6.07 Å². The molecule has 0 aliphatic rings. The number of nitrogens with two attached hydrogens (primary N) is 1. The second-order valence-electron chi connectivity index (χ2n) is 4.39. The monoisotopic (exact) mass is 254 g/mol. The summed E-state index contributed by atoms with van der Waals surface area (Å²) in [6.07, 6.45) is 1.77. The molecule has 0 saturated heterocycles. The maximum absolute atomic E-state index is 13.2. The number of nitriles is 1. The molecule has 0 heterocycles. The van der Waals surface area contributed by atoms with Crippen molar-refractivity contribution >= 4 is 0 Å². The van der Waals surface area contributed by atoms with E-state index >= 15 is 0 Å². The van der Waals surface area contributed by atoms with Gasteiger partial charge in [-0.15, -0.1) is 0 Å². The van der Waals surface area contributed by atoms with Crippen molar-refractivity contribution in [2.45, 2.75) is 31.7 Å². The molecule has 1 unspecified atom stereocenters. The van der Waals surface area contributed by atoms with Crippen molar-refractivity contribution in [1.82, 2.24) is 0 Å². The normalized spacial score (nSPS) is 13.7. The predicted octanol–water partition coefficient (Wildman–Crippen LogP) is 2.75. The van der Waals surface area contributed by atoms with Crippen molar-refractivity contribution in [2.24, 2.45) is 5.73 Å². The van der Waals surface area contributed by atoms with Crippen LogP contribution < -0.4 is 10.5 Å². The lowest BCUT2D eigenvalue weighted by atomic mass is 9.98. The van der Waals surface area contributed by atoms with Crippen LogP contribution in [0.4, 0.5) is 8.78 Å². The zero-order chi connectivity index (χ0) is 13.6. The lowest BCUT2D eigenvalue weighted by molar-refractivity contribution is 0.272. The molecule has 98 valence electrons. The van der Waals surface area contributed by atoms with E-state index in [-0.39, 0.29) is 12.4 Å². The van der Waals surface area contributed by atoms with E-state index in [0.717, 1.165) is 12.1 Å². The largest absolute Gasteiger partial charge is 0.488 e. The Hall–Kier alpha value is -1.67. The second-order valence-corrected chi connectivity index (χ2v) is 4.39. The molecule has 3 nitrogen and oxygen atoms in total. The number of benzene rings is 1. The van der Waals surface area contributed by atoms with Gasteiger partial charge in [0.25, 0.3) is 0 Å². The van der Waals surface area contributed by atoms with Gasteiger partial charge in [-0.25, -0.2) is 8.78 Å². The summed E-state index contributed by atoms with van der Waals surface area (Å²) in [7, 11) is 0. The van der Waals surface area contributed by atoms with Gasteiger partial charge in [0.2, 0.25) is 0 Å². The van der Waals surface area contributed by atoms with Crippen LogP contribution in [0.5, 0.6) is 5.75 Å². The van der Waals surface area contributed by atoms with E-state index in [1.54, 1.807) is 6.92 Å². The molecule has 0 aliphatic heterocycles. The fraction of sp³-hybridized carbons (Fsp3) is 0.462. The molecule has 0 fully saturated rings. The number of hydrogen-bond donors (Lipinski definition) is 1. The molecular formula is C13H16F2N2O. The molecule has 1 aromatic rings. The van der Waals surface area contributed by atoms with Gasteiger partial charge >= 0.3 is 0 Å². The summed E-state index contributed by atoms with van der Waals surface area (Å²) in [5, 5.41) is 8.70. The van der Waals surface area contributed by atoms with Crippen LogP contribution in [0.15, 0.2) is 18.2 Å². The maximum atomic E-state index is 13.2. The fourth-order valence-corrected chi connectivity index (χ4v) is 1.44. The molecule has 0 bridgehead atoms. The van der Waals surface area contributed by atoms with Gasteiger partial charge in [-0.3, -0.25) is 0 Å². The highest BCUT2D eigenvalue weighted by molar-refractivity contribution is 5.25. The number of rotatable bonds is 6. The lowest BCUT2D eigenvalue weighted by Crippen LogP contribution is -2.33. The second kappa shape index (κ2) is 6.31. The molecule has 0 radical (unpaired) electrons. The molecule has 0 aromatic heterocycles. The third-order valence-corrected chi connectivity index (χ3v) is 2.51. The van der Waals surface area contributed by atoms with Crippen LogP contribution in [-0.4, -0.2) is 12.1 Å². The Morgan fingerprint density at radius 2 is 1.94 bits per heavy atom. The van der Waals surface area contributed by atoms with Crippen LogP contribution in [0.3, 0.4) is 0 Å². The fourth-order valence-electron chi connectivity index (χ4n) is 1.44. The first-order valence-corrected chi connectivity index (χ1v) is 5.73. The number of hydrogen-bond acceptors (Lipinski definition) is 3. The predicted molar refractivity (Wildman–Crippen MR) is 63.9 cm³/mol. The summed E-state index contributed by atoms with van der Waals surface area (Å²) in [5.41, 5.74) is 4.78. The SMILES string of the molecule is CC(N)(C#N)CCCCOc1c(F)cccc1F. The molecular weight excluding hydrogens is 238 g/mol. The number of unbranched alkanes of at least 4 members (excludes halogenated alkanes) is 1. The highest BCUT2D eigenvalue weighted by Gasteiger charge is 2.16. The van der Waals surface area contributed by atoms with Gasteiger partial charge in [-0.05, 0) is 38.3 Å². The Labute approximate surface area is 105 Å². The smallest absolute Gasteiger partial charge is 0.190 e. The van der Waals surface area contributed by atoms with Crippen LogP contribution in [0.2, 0.25) is 0 Å². The Kier molecular flexibility index (Phi) is 5.05. The Balaban J connectivity index is 2.33. The van der Waals surface area contributed by atoms with Crippen LogP contribution in [0, 0.1) is 23.0 Å². The van der Waals surface area contributed by atoms with Crippen molar-refractivity contribution in [1.29, 1.82) is 5.26 Å². The molecule has 1 rings (SSSR count). The molecule has 18 heavy (non-hydrogen) atoms. The van der Waals surface area contributed by atoms with Gasteiger partial charge in [-0.2, -0.15) is 5.26 Å². The molecule has 0 aliphatic carbocycles. The Morgan fingerprint density at radius 3 is 2.50 bits per heavy atom.